The largest absolute Gasteiger partial charge is 0.490 e. The molecule has 0 radical (unpaired) electrons. The first-order valence-electron chi connectivity index (χ1n) is 7.95. The lowest BCUT2D eigenvalue weighted by molar-refractivity contribution is -0.0960. The van der Waals surface area contributed by atoms with Crippen molar-refractivity contribution in [3.8, 4) is 5.75 Å². The summed E-state index contributed by atoms with van der Waals surface area (Å²) < 4.78 is 12.4. The van der Waals surface area contributed by atoms with Crippen molar-refractivity contribution in [1.29, 1.82) is 0 Å². The van der Waals surface area contributed by atoms with Crippen LogP contribution in [0.25, 0.3) is 0 Å². The molecular formula is C17H25NO2S. The average molecular weight is 307 g/mol. The van der Waals surface area contributed by atoms with Crippen LogP contribution in [-0.4, -0.2) is 29.8 Å². The first-order valence-corrected chi connectivity index (χ1v) is 9.11. The van der Waals surface area contributed by atoms with Crippen molar-refractivity contribution >= 4 is 11.8 Å². The molecule has 1 aromatic carbocycles. The molecule has 0 amide bonds. The number of ether oxygens (including phenoxy) is 2. The first kappa shape index (κ1) is 15.2. The van der Waals surface area contributed by atoms with E-state index in [4.69, 9.17) is 15.2 Å². The predicted octanol–water partition coefficient (Wildman–Crippen LogP) is 3.53. The molecule has 0 aromatic heterocycles. The van der Waals surface area contributed by atoms with Crippen molar-refractivity contribution in [2.45, 2.75) is 50.4 Å². The van der Waals surface area contributed by atoms with Gasteiger partial charge in [0.2, 0.25) is 0 Å². The second kappa shape index (κ2) is 6.59. The highest BCUT2D eigenvalue weighted by Crippen LogP contribution is 2.39. The molecule has 2 unspecified atom stereocenters. The zero-order valence-corrected chi connectivity index (χ0v) is 13.5. The Labute approximate surface area is 131 Å². The van der Waals surface area contributed by atoms with Gasteiger partial charge in [0.15, 0.2) is 0 Å². The van der Waals surface area contributed by atoms with Crippen LogP contribution in [0.5, 0.6) is 5.75 Å². The van der Waals surface area contributed by atoms with E-state index in [9.17, 15) is 0 Å². The standard InChI is InChI=1S/C17H25NO2S/c1-2-15(18)14-5-3-4-6-16(14)20-13-7-9-19-17(11-13)8-10-21-12-17/h3-6,13,15H,2,7-12,18H2,1H3/t13?,15-,17?/m1/s1. The third-order valence-electron chi connectivity index (χ3n) is 4.57. The van der Waals surface area contributed by atoms with Gasteiger partial charge < -0.3 is 15.2 Å². The summed E-state index contributed by atoms with van der Waals surface area (Å²) >= 11 is 2.00. The Balaban J connectivity index is 1.71. The van der Waals surface area contributed by atoms with Crippen LogP contribution in [0.15, 0.2) is 24.3 Å². The smallest absolute Gasteiger partial charge is 0.124 e. The Morgan fingerprint density at radius 1 is 1.48 bits per heavy atom. The molecule has 2 saturated heterocycles. The summed E-state index contributed by atoms with van der Waals surface area (Å²) in [5, 5.41) is 0. The van der Waals surface area contributed by atoms with Crippen molar-refractivity contribution < 1.29 is 9.47 Å². The maximum atomic E-state index is 6.33. The maximum absolute atomic E-state index is 6.33. The number of benzene rings is 1. The molecule has 4 heteroatoms. The third kappa shape index (κ3) is 3.38. The molecule has 2 aliphatic rings. The van der Waals surface area contributed by atoms with Crippen molar-refractivity contribution in [3.05, 3.63) is 29.8 Å². The normalized spacial score (nSPS) is 30.5. The van der Waals surface area contributed by atoms with Gasteiger partial charge in [-0.25, -0.2) is 0 Å². The summed E-state index contributed by atoms with van der Waals surface area (Å²) in [7, 11) is 0. The number of hydrogen-bond donors (Lipinski definition) is 1. The highest BCUT2D eigenvalue weighted by Gasteiger charge is 2.41. The summed E-state index contributed by atoms with van der Waals surface area (Å²) in [6.45, 7) is 2.92. The van der Waals surface area contributed by atoms with Gasteiger partial charge in [-0.15, -0.1) is 0 Å². The fourth-order valence-electron chi connectivity index (χ4n) is 3.24. The van der Waals surface area contributed by atoms with E-state index in [0.29, 0.717) is 0 Å². The zero-order valence-electron chi connectivity index (χ0n) is 12.7. The minimum atomic E-state index is 0.0528. The fourth-order valence-corrected chi connectivity index (χ4v) is 4.62. The molecule has 2 aliphatic heterocycles. The van der Waals surface area contributed by atoms with E-state index in [-0.39, 0.29) is 17.7 Å². The highest BCUT2D eigenvalue weighted by atomic mass is 32.2. The van der Waals surface area contributed by atoms with E-state index in [0.717, 1.165) is 49.4 Å². The lowest BCUT2D eigenvalue weighted by Crippen LogP contribution is -2.44. The Hall–Kier alpha value is -0.710. The van der Waals surface area contributed by atoms with Crippen LogP contribution in [0.2, 0.25) is 0 Å². The van der Waals surface area contributed by atoms with Gasteiger partial charge in [0.05, 0.1) is 12.2 Å². The van der Waals surface area contributed by atoms with Crippen LogP contribution in [0.3, 0.4) is 0 Å². The van der Waals surface area contributed by atoms with Gasteiger partial charge in [0.1, 0.15) is 11.9 Å². The van der Waals surface area contributed by atoms with Crippen molar-refractivity contribution in [2.24, 2.45) is 5.73 Å². The van der Waals surface area contributed by atoms with Gasteiger partial charge in [-0.3, -0.25) is 0 Å². The van der Waals surface area contributed by atoms with Gasteiger partial charge in [0.25, 0.3) is 0 Å². The van der Waals surface area contributed by atoms with E-state index in [1.165, 1.54) is 5.75 Å². The molecule has 0 aliphatic carbocycles. The molecule has 116 valence electrons. The second-order valence-corrected chi connectivity index (χ2v) is 7.22. The Kier molecular flexibility index (Phi) is 4.77. The number of hydrogen-bond acceptors (Lipinski definition) is 4. The summed E-state index contributed by atoms with van der Waals surface area (Å²) in [5.41, 5.74) is 7.40. The van der Waals surface area contributed by atoms with E-state index < -0.39 is 0 Å². The summed E-state index contributed by atoms with van der Waals surface area (Å²) in [5.74, 6) is 3.28. The lowest BCUT2D eigenvalue weighted by Gasteiger charge is -2.38. The molecule has 0 saturated carbocycles. The predicted molar refractivity (Wildman–Crippen MR) is 87.9 cm³/mol. The van der Waals surface area contributed by atoms with Crippen LogP contribution in [0, 0.1) is 0 Å². The molecule has 21 heavy (non-hydrogen) atoms. The van der Waals surface area contributed by atoms with Gasteiger partial charge in [-0.2, -0.15) is 11.8 Å². The molecule has 2 heterocycles. The second-order valence-electron chi connectivity index (χ2n) is 6.12. The monoisotopic (exact) mass is 307 g/mol. The lowest BCUT2D eigenvalue weighted by atomic mass is 9.91. The quantitative estimate of drug-likeness (QED) is 0.924. The SMILES string of the molecule is CC[C@@H](N)c1ccccc1OC1CCOC2(CCSC2)C1. The number of thioether (sulfide) groups is 1. The summed E-state index contributed by atoms with van der Waals surface area (Å²) in [6.07, 6.45) is 4.32. The highest BCUT2D eigenvalue weighted by molar-refractivity contribution is 7.99. The Morgan fingerprint density at radius 3 is 3.10 bits per heavy atom. The molecule has 1 aromatic rings. The van der Waals surface area contributed by atoms with Crippen molar-refractivity contribution in [2.75, 3.05) is 18.1 Å². The van der Waals surface area contributed by atoms with E-state index in [1.807, 2.05) is 23.9 Å². The summed E-state index contributed by atoms with van der Waals surface area (Å²) in [4.78, 5) is 0. The molecule has 1 spiro atoms. The van der Waals surface area contributed by atoms with Crippen LogP contribution in [0.1, 0.15) is 44.2 Å². The molecule has 2 fully saturated rings. The Bertz CT molecular complexity index is 474. The maximum Gasteiger partial charge on any atom is 0.124 e. The zero-order chi connectivity index (χ0) is 14.7. The topological polar surface area (TPSA) is 44.5 Å². The molecular weight excluding hydrogens is 282 g/mol. The average Bonchev–Trinajstić information content (AvgIpc) is 2.95. The first-order chi connectivity index (χ1) is 10.2. The van der Waals surface area contributed by atoms with Gasteiger partial charge >= 0.3 is 0 Å². The van der Waals surface area contributed by atoms with Crippen molar-refractivity contribution in [1.82, 2.24) is 0 Å². The third-order valence-corrected chi connectivity index (χ3v) is 5.79. The number of para-hydroxylation sites is 1. The summed E-state index contributed by atoms with van der Waals surface area (Å²) in [6, 6.07) is 8.26. The minimum absolute atomic E-state index is 0.0528. The van der Waals surface area contributed by atoms with Crippen LogP contribution in [0.4, 0.5) is 0 Å². The Morgan fingerprint density at radius 2 is 2.33 bits per heavy atom. The van der Waals surface area contributed by atoms with E-state index in [2.05, 4.69) is 19.1 Å². The molecule has 3 nitrogen and oxygen atoms in total. The van der Waals surface area contributed by atoms with Crippen LogP contribution < -0.4 is 10.5 Å². The van der Waals surface area contributed by atoms with E-state index in [1.54, 1.807) is 0 Å². The fraction of sp³-hybridized carbons (Fsp3) is 0.647. The van der Waals surface area contributed by atoms with Gasteiger partial charge in [-0.1, -0.05) is 25.1 Å². The van der Waals surface area contributed by atoms with Crippen LogP contribution in [-0.2, 0) is 4.74 Å². The molecule has 2 N–H and O–H groups in total. The molecule has 3 atom stereocenters. The van der Waals surface area contributed by atoms with Gasteiger partial charge in [-0.05, 0) is 24.7 Å². The number of nitrogens with two attached hydrogens (primary N) is 1. The van der Waals surface area contributed by atoms with Crippen LogP contribution >= 0.6 is 11.8 Å². The molecule has 0 bridgehead atoms. The van der Waals surface area contributed by atoms with E-state index >= 15 is 0 Å². The molecule has 3 rings (SSSR count). The van der Waals surface area contributed by atoms with Gasteiger partial charge in [0, 0.05) is 30.2 Å². The number of rotatable bonds is 4. The minimum Gasteiger partial charge on any atom is -0.490 e. The van der Waals surface area contributed by atoms with Crippen molar-refractivity contribution in [3.63, 3.8) is 0 Å².